The number of thiophene rings is 1. The van der Waals surface area contributed by atoms with Crippen LogP contribution < -0.4 is 0 Å². The van der Waals surface area contributed by atoms with Crippen molar-refractivity contribution in [3.05, 3.63) is 21.9 Å². The van der Waals surface area contributed by atoms with E-state index in [-0.39, 0.29) is 18.6 Å². The molecule has 0 aliphatic carbocycles. The Kier molecular flexibility index (Phi) is 4.48. The minimum atomic E-state index is -0.562. The van der Waals surface area contributed by atoms with Crippen LogP contribution in [-0.2, 0) is 10.2 Å². The van der Waals surface area contributed by atoms with E-state index in [9.17, 15) is 0 Å². The molecular weight excluding hydrogens is 222 g/mol. The van der Waals surface area contributed by atoms with Crippen molar-refractivity contribution in [2.24, 2.45) is 0 Å². The molecular formula is C12H17NO2S. The first-order valence-corrected chi connectivity index (χ1v) is 6.03. The third kappa shape index (κ3) is 3.31. The molecule has 0 fully saturated rings. The number of rotatable bonds is 4. The first kappa shape index (κ1) is 13.2. The normalized spacial score (nSPS) is 13.4. The van der Waals surface area contributed by atoms with E-state index in [2.05, 4.69) is 26.8 Å². The molecule has 0 saturated carbocycles. The lowest BCUT2D eigenvalue weighted by Crippen LogP contribution is -2.08. The van der Waals surface area contributed by atoms with Gasteiger partial charge in [0, 0.05) is 9.75 Å². The van der Waals surface area contributed by atoms with Crippen LogP contribution in [0.2, 0.25) is 0 Å². The number of aliphatic hydroxyl groups excluding tert-OH is 1. The van der Waals surface area contributed by atoms with Gasteiger partial charge in [-0.3, -0.25) is 0 Å². The Labute approximate surface area is 100 Å². The van der Waals surface area contributed by atoms with Crippen LogP contribution >= 0.6 is 11.3 Å². The number of nitriles is 1. The lowest BCUT2D eigenvalue weighted by molar-refractivity contribution is 0.0599. The number of aliphatic hydroxyl groups is 1. The van der Waals surface area contributed by atoms with Crippen LogP contribution in [-0.4, -0.2) is 18.3 Å². The van der Waals surface area contributed by atoms with E-state index in [0.29, 0.717) is 0 Å². The van der Waals surface area contributed by atoms with E-state index in [1.165, 1.54) is 4.88 Å². The van der Waals surface area contributed by atoms with E-state index in [4.69, 9.17) is 15.1 Å². The zero-order valence-corrected chi connectivity index (χ0v) is 10.7. The molecule has 0 spiro atoms. The van der Waals surface area contributed by atoms with Crippen LogP contribution in [0.5, 0.6) is 0 Å². The van der Waals surface area contributed by atoms with Gasteiger partial charge < -0.3 is 9.84 Å². The van der Waals surface area contributed by atoms with Crippen molar-refractivity contribution in [2.75, 3.05) is 13.2 Å². The molecule has 4 heteroatoms. The molecule has 16 heavy (non-hydrogen) atoms. The SMILES string of the molecule is CC(C)(C)c1ccc(C(C#N)OCCO)s1. The molecule has 1 atom stereocenters. The van der Waals surface area contributed by atoms with Crippen molar-refractivity contribution in [1.29, 1.82) is 5.26 Å². The summed E-state index contributed by atoms with van der Waals surface area (Å²) in [6.45, 7) is 6.55. The predicted molar refractivity (Wildman–Crippen MR) is 64.4 cm³/mol. The fourth-order valence-corrected chi connectivity index (χ4v) is 2.31. The summed E-state index contributed by atoms with van der Waals surface area (Å²) < 4.78 is 5.25. The third-order valence-electron chi connectivity index (χ3n) is 2.12. The summed E-state index contributed by atoms with van der Waals surface area (Å²) in [5.41, 5.74) is 0.0971. The number of nitrogens with zero attached hydrogens (tertiary/aromatic N) is 1. The van der Waals surface area contributed by atoms with Gasteiger partial charge in [0.1, 0.15) is 6.07 Å². The van der Waals surface area contributed by atoms with Gasteiger partial charge in [0.15, 0.2) is 6.10 Å². The Morgan fingerprint density at radius 2 is 2.19 bits per heavy atom. The first-order valence-electron chi connectivity index (χ1n) is 5.21. The second-order valence-corrected chi connectivity index (χ2v) is 5.67. The second kappa shape index (κ2) is 5.44. The highest BCUT2D eigenvalue weighted by Crippen LogP contribution is 2.33. The average Bonchev–Trinajstić information content (AvgIpc) is 2.68. The molecule has 0 saturated heterocycles. The summed E-state index contributed by atoms with van der Waals surface area (Å²) in [6, 6.07) is 6.06. The van der Waals surface area contributed by atoms with Crippen LogP contribution in [0.1, 0.15) is 36.6 Å². The monoisotopic (exact) mass is 239 g/mol. The second-order valence-electron chi connectivity index (χ2n) is 4.56. The van der Waals surface area contributed by atoms with E-state index in [1.54, 1.807) is 11.3 Å². The number of hydrogen-bond donors (Lipinski definition) is 1. The van der Waals surface area contributed by atoms with Gasteiger partial charge in [-0.25, -0.2) is 0 Å². The lowest BCUT2D eigenvalue weighted by Gasteiger charge is -2.15. The van der Waals surface area contributed by atoms with Gasteiger partial charge in [-0.1, -0.05) is 20.8 Å². The highest BCUT2D eigenvalue weighted by atomic mass is 32.1. The molecule has 0 radical (unpaired) electrons. The van der Waals surface area contributed by atoms with E-state index < -0.39 is 6.10 Å². The molecule has 1 rings (SSSR count). The zero-order valence-electron chi connectivity index (χ0n) is 9.86. The maximum atomic E-state index is 8.97. The summed E-state index contributed by atoms with van der Waals surface area (Å²) in [7, 11) is 0. The van der Waals surface area contributed by atoms with Crippen molar-refractivity contribution < 1.29 is 9.84 Å². The summed E-state index contributed by atoms with van der Waals surface area (Å²) >= 11 is 1.59. The van der Waals surface area contributed by atoms with Gasteiger partial charge in [0.2, 0.25) is 0 Å². The number of hydrogen-bond acceptors (Lipinski definition) is 4. The number of ether oxygens (including phenoxy) is 1. The third-order valence-corrected chi connectivity index (χ3v) is 3.67. The average molecular weight is 239 g/mol. The smallest absolute Gasteiger partial charge is 0.178 e. The minimum absolute atomic E-state index is 0.0598. The summed E-state index contributed by atoms with van der Waals surface area (Å²) in [6.07, 6.45) is -0.562. The fourth-order valence-electron chi connectivity index (χ4n) is 1.25. The molecule has 0 aromatic carbocycles. The van der Waals surface area contributed by atoms with E-state index in [1.807, 2.05) is 12.1 Å². The predicted octanol–water partition coefficient (Wildman–Crippen LogP) is 2.62. The molecule has 1 unspecified atom stereocenters. The van der Waals surface area contributed by atoms with Crippen LogP contribution in [0.3, 0.4) is 0 Å². The van der Waals surface area contributed by atoms with E-state index >= 15 is 0 Å². The van der Waals surface area contributed by atoms with Gasteiger partial charge in [0.25, 0.3) is 0 Å². The van der Waals surface area contributed by atoms with Gasteiger partial charge >= 0.3 is 0 Å². The molecule has 0 bridgehead atoms. The van der Waals surface area contributed by atoms with Crippen molar-refractivity contribution in [3.8, 4) is 6.07 Å². The Morgan fingerprint density at radius 1 is 1.50 bits per heavy atom. The van der Waals surface area contributed by atoms with Crippen molar-refractivity contribution >= 4 is 11.3 Å². The van der Waals surface area contributed by atoms with Gasteiger partial charge in [0.05, 0.1) is 13.2 Å². The van der Waals surface area contributed by atoms with Crippen LogP contribution in [0.15, 0.2) is 12.1 Å². The van der Waals surface area contributed by atoms with Crippen LogP contribution in [0, 0.1) is 11.3 Å². The maximum Gasteiger partial charge on any atom is 0.178 e. The van der Waals surface area contributed by atoms with Crippen molar-refractivity contribution in [2.45, 2.75) is 32.3 Å². The van der Waals surface area contributed by atoms with Gasteiger partial charge in [-0.2, -0.15) is 5.26 Å². The van der Waals surface area contributed by atoms with Crippen LogP contribution in [0.25, 0.3) is 0 Å². The topological polar surface area (TPSA) is 53.2 Å². The largest absolute Gasteiger partial charge is 0.394 e. The quantitative estimate of drug-likeness (QED) is 0.878. The summed E-state index contributed by atoms with van der Waals surface area (Å²) in [5, 5.41) is 17.6. The van der Waals surface area contributed by atoms with Crippen molar-refractivity contribution in [3.63, 3.8) is 0 Å². The summed E-state index contributed by atoms with van der Waals surface area (Å²) in [4.78, 5) is 2.14. The Morgan fingerprint density at radius 3 is 2.62 bits per heavy atom. The Hall–Kier alpha value is -0.890. The minimum Gasteiger partial charge on any atom is -0.394 e. The molecule has 0 aliphatic heterocycles. The highest BCUT2D eigenvalue weighted by molar-refractivity contribution is 7.12. The Balaban J connectivity index is 2.80. The molecule has 3 nitrogen and oxygen atoms in total. The summed E-state index contributed by atoms with van der Waals surface area (Å²) in [5.74, 6) is 0. The molecule has 1 aromatic rings. The molecule has 88 valence electrons. The molecule has 0 aliphatic rings. The molecule has 1 heterocycles. The lowest BCUT2D eigenvalue weighted by atomic mass is 9.95. The molecule has 0 amide bonds. The van der Waals surface area contributed by atoms with Gasteiger partial charge in [-0.05, 0) is 17.5 Å². The fraction of sp³-hybridized carbons (Fsp3) is 0.583. The standard InChI is InChI=1S/C12H17NO2S/c1-12(2,3)11-5-4-10(16-11)9(8-13)15-7-6-14/h4-5,9,14H,6-7H2,1-3H3. The molecule has 1 aromatic heterocycles. The van der Waals surface area contributed by atoms with Crippen LogP contribution in [0.4, 0.5) is 0 Å². The first-order chi connectivity index (χ1) is 7.49. The van der Waals surface area contributed by atoms with E-state index in [0.717, 1.165) is 4.88 Å². The maximum absolute atomic E-state index is 8.97. The highest BCUT2D eigenvalue weighted by Gasteiger charge is 2.19. The molecule has 1 N–H and O–H groups in total. The van der Waals surface area contributed by atoms with Crippen molar-refractivity contribution in [1.82, 2.24) is 0 Å². The van der Waals surface area contributed by atoms with Gasteiger partial charge in [-0.15, -0.1) is 11.3 Å². The zero-order chi connectivity index (χ0) is 12.2. The Bertz CT molecular complexity index is 373.